The van der Waals surface area contributed by atoms with E-state index in [2.05, 4.69) is 60.9 Å². The topological polar surface area (TPSA) is 49.3 Å². The lowest BCUT2D eigenvalue weighted by atomic mass is 10.1. The van der Waals surface area contributed by atoms with Crippen LogP contribution in [-0.4, -0.2) is 75.8 Å². The molecule has 0 saturated heterocycles. The van der Waals surface area contributed by atoms with Crippen LogP contribution in [0.5, 0.6) is 11.5 Å². The third-order valence-electron chi connectivity index (χ3n) is 4.96. The Balaban J connectivity index is 2.48. The fraction of sp³-hybridized carbons (Fsp3) is 0.682. The van der Waals surface area contributed by atoms with Crippen LogP contribution in [0.2, 0.25) is 0 Å². The molecule has 0 radical (unpaired) electrons. The van der Waals surface area contributed by atoms with Crippen molar-refractivity contribution in [3.8, 4) is 11.5 Å². The van der Waals surface area contributed by atoms with Crippen LogP contribution in [0.1, 0.15) is 39.7 Å². The molecular weight excluding hydrogens is 352 g/mol. The van der Waals surface area contributed by atoms with E-state index in [-0.39, 0.29) is 0 Å². The van der Waals surface area contributed by atoms with Crippen LogP contribution < -0.4 is 14.8 Å². The van der Waals surface area contributed by atoms with Gasteiger partial charge in [0, 0.05) is 45.8 Å². The van der Waals surface area contributed by atoms with Crippen LogP contribution in [0.4, 0.5) is 0 Å². The molecule has 160 valence electrons. The van der Waals surface area contributed by atoms with E-state index < -0.39 is 0 Å². The molecule has 0 aliphatic rings. The van der Waals surface area contributed by atoms with Crippen molar-refractivity contribution in [3.05, 3.63) is 23.8 Å². The summed E-state index contributed by atoms with van der Waals surface area (Å²) in [5, 5.41) is 3.48. The first-order valence-electron chi connectivity index (χ1n) is 10.2. The van der Waals surface area contributed by atoms with Crippen LogP contribution in [0, 0.1) is 0 Å². The van der Waals surface area contributed by atoms with E-state index in [1.807, 2.05) is 19.2 Å². The van der Waals surface area contributed by atoms with Crippen LogP contribution >= 0.6 is 0 Å². The van der Waals surface area contributed by atoms with Gasteiger partial charge in [0.15, 0.2) is 17.5 Å². The van der Waals surface area contributed by atoms with Gasteiger partial charge in [-0.2, -0.15) is 0 Å². The van der Waals surface area contributed by atoms with E-state index >= 15 is 0 Å². The molecule has 1 rings (SSSR count). The number of methoxy groups -OCH3 is 2. The van der Waals surface area contributed by atoms with Gasteiger partial charge in [-0.1, -0.05) is 6.07 Å². The molecule has 0 aromatic heterocycles. The maximum atomic E-state index is 5.39. The smallest absolute Gasteiger partial charge is 0.193 e. The number of hydrogen-bond acceptors (Lipinski definition) is 4. The highest BCUT2D eigenvalue weighted by Gasteiger charge is 2.13. The normalized spacial score (nSPS) is 12.0. The molecule has 0 aliphatic carbocycles. The summed E-state index contributed by atoms with van der Waals surface area (Å²) in [6.45, 7) is 11.9. The van der Waals surface area contributed by atoms with Crippen LogP contribution in [0.25, 0.3) is 0 Å². The summed E-state index contributed by atoms with van der Waals surface area (Å²) in [6, 6.07) is 7.22. The lowest BCUT2D eigenvalue weighted by molar-refractivity contribution is 0.173. The molecule has 6 nitrogen and oxygen atoms in total. The van der Waals surface area contributed by atoms with Gasteiger partial charge in [-0.3, -0.25) is 9.89 Å². The SMILES string of the molecule is CN=C(NCCCN(C(C)C)C(C)C)N(C)CCc1ccc(OC)c(OC)c1. The van der Waals surface area contributed by atoms with Crippen LogP contribution in [0.3, 0.4) is 0 Å². The molecule has 0 amide bonds. The van der Waals surface area contributed by atoms with Crippen molar-refractivity contribution < 1.29 is 9.47 Å². The third-order valence-corrected chi connectivity index (χ3v) is 4.96. The zero-order valence-corrected chi connectivity index (χ0v) is 19.1. The van der Waals surface area contributed by atoms with E-state index in [1.54, 1.807) is 14.2 Å². The molecule has 1 aromatic rings. The predicted molar refractivity (Wildman–Crippen MR) is 119 cm³/mol. The summed E-state index contributed by atoms with van der Waals surface area (Å²) in [5.74, 6) is 2.46. The molecule has 0 bridgehead atoms. The second-order valence-electron chi connectivity index (χ2n) is 7.61. The van der Waals surface area contributed by atoms with Gasteiger partial charge in [0.05, 0.1) is 14.2 Å². The maximum Gasteiger partial charge on any atom is 0.193 e. The van der Waals surface area contributed by atoms with Crippen molar-refractivity contribution in [2.75, 3.05) is 47.9 Å². The monoisotopic (exact) mass is 392 g/mol. The van der Waals surface area contributed by atoms with Crippen LogP contribution in [0.15, 0.2) is 23.2 Å². The minimum Gasteiger partial charge on any atom is -0.493 e. The highest BCUT2D eigenvalue weighted by atomic mass is 16.5. The summed E-state index contributed by atoms with van der Waals surface area (Å²) in [6.07, 6.45) is 2.00. The molecule has 28 heavy (non-hydrogen) atoms. The van der Waals surface area contributed by atoms with E-state index in [9.17, 15) is 0 Å². The number of hydrogen-bond donors (Lipinski definition) is 1. The van der Waals surface area contributed by atoms with Crippen molar-refractivity contribution >= 4 is 5.96 Å². The van der Waals surface area contributed by atoms with E-state index in [1.165, 1.54) is 5.56 Å². The molecule has 0 fully saturated rings. The summed E-state index contributed by atoms with van der Waals surface area (Å²) in [4.78, 5) is 9.11. The summed E-state index contributed by atoms with van der Waals surface area (Å²) in [7, 11) is 7.23. The number of ether oxygens (including phenoxy) is 2. The van der Waals surface area contributed by atoms with Gasteiger partial charge in [0.2, 0.25) is 0 Å². The highest BCUT2D eigenvalue weighted by Crippen LogP contribution is 2.27. The lowest BCUT2D eigenvalue weighted by Gasteiger charge is -2.30. The van der Waals surface area contributed by atoms with Gasteiger partial charge in [-0.05, 0) is 58.2 Å². The number of guanidine groups is 1. The fourth-order valence-electron chi connectivity index (χ4n) is 3.40. The number of benzene rings is 1. The quantitative estimate of drug-likeness (QED) is 0.356. The Morgan fingerprint density at radius 2 is 1.68 bits per heavy atom. The molecule has 0 heterocycles. The number of nitrogens with zero attached hydrogens (tertiary/aromatic N) is 3. The van der Waals surface area contributed by atoms with Gasteiger partial charge >= 0.3 is 0 Å². The molecule has 0 unspecified atom stereocenters. The van der Waals surface area contributed by atoms with Crippen molar-refractivity contribution in [1.82, 2.24) is 15.1 Å². The minimum absolute atomic E-state index is 0.573. The molecule has 0 atom stereocenters. The molecular formula is C22H40N4O2. The molecule has 6 heteroatoms. The van der Waals surface area contributed by atoms with E-state index in [4.69, 9.17) is 9.47 Å². The summed E-state index contributed by atoms with van der Waals surface area (Å²) < 4.78 is 10.7. The molecule has 0 aliphatic heterocycles. The Kier molecular flexibility index (Phi) is 10.8. The minimum atomic E-state index is 0.573. The first-order chi connectivity index (χ1) is 13.3. The number of nitrogens with one attached hydrogen (secondary N) is 1. The van der Waals surface area contributed by atoms with Gasteiger partial charge in [-0.15, -0.1) is 0 Å². The summed E-state index contributed by atoms with van der Waals surface area (Å²) in [5.41, 5.74) is 1.21. The zero-order chi connectivity index (χ0) is 21.1. The first kappa shape index (κ1) is 24.1. The van der Waals surface area contributed by atoms with Crippen molar-refractivity contribution in [2.45, 2.75) is 52.6 Å². The average Bonchev–Trinajstić information content (AvgIpc) is 2.67. The Hall–Kier alpha value is -1.95. The zero-order valence-electron chi connectivity index (χ0n) is 19.1. The number of aliphatic imine (C=N–C) groups is 1. The van der Waals surface area contributed by atoms with Gasteiger partial charge in [-0.25, -0.2) is 0 Å². The highest BCUT2D eigenvalue weighted by molar-refractivity contribution is 5.79. The fourth-order valence-corrected chi connectivity index (χ4v) is 3.40. The predicted octanol–water partition coefficient (Wildman–Crippen LogP) is 3.26. The summed E-state index contributed by atoms with van der Waals surface area (Å²) >= 11 is 0. The Morgan fingerprint density at radius 1 is 1.04 bits per heavy atom. The lowest BCUT2D eigenvalue weighted by Crippen LogP contribution is -2.42. The molecule has 1 aromatic carbocycles. The Morgan fingerprint density at radius 3 is 2.21 bits per heavy atom. The van der Waals surface area contributed by atoms with Gasteiger partial charge in [0.1, 0.15) is 0 Å². The molecule has 0 saturated carbocycles. The van der Waals surface area contributed by atoms with Gasteiger partial charge < -0.3 is 19.7 Å². The third kappa shape index (κ3) is 7.58. The first-order valence-corrected chi connectivity index (χ1v) is 10.2. The standard InChI is InChI=1S/C22H40N4O2/c1-17(2)26(18(3)4)14-9-13-24-22(23-5)25(6)15-12-19-10-11-20(27-7)21(16-19)28-8/h10-11,16-18H,9,12-15H2,1-8H3,(H,23,24). The maximum absolute atomic E-state index is 5.39. The van der Waals surface area contributed by atoms with Crippen molar-refractivity contribution in [2.24, 2.45) is 4.99 Å². The van der Waals surface area contributed by atoms with E-state index in [0.717, 1.165) is 49.9 Å². The Bertz CT molecular complexity index is 594. The van der Waals surface area contributed by atoms with Crippen LogP contribution in [-0.2, 0) is 6.42 Å². The van der Waals surface area contributed by atoms with Crippen molar-refractivity contribution in [1.29, 1.82) is 0 Å². The molecule has 0 spiro atoms. The largest absolute Gasteiger partial charge is 0.493 e. The average molecular weight is 393 g/mol. The van der Waals surface area contributed by atoms with Gasteiger partial charge in [0.25, 0.3) is 0 Å². The Labute approximate surface area is 171 Å². The van der Waals surface area contributed by atoms with E-state index in [0.29, 0.717) is 12.1 Å². The second-order valence-corrected chi connectivity index (χ2v) is 7.61. The number of likely N-dealkylation sites (N-methyl/N-ethyl adjacent to an activating group) is 1. The number of rotatable bonds is 11. The second kappa shape index (κ2) is 12.5. The van der Waals surface area contributed by atoms with Crippen molar-refractivity contribution in [3.63, 3.8) is 0 Å². The molecule has 1 N–H and O–H groups in total.